The van der Waals surface area contributed by atoms with Crippen LogP contribution in [0.25, 0.3) is 0 Å². The molecule has 0 aromatic heterocycles. The van der Waals surface area contributed by atoms with E-state index in [9.17, 15) is 4.79 Å². The molecule has 1 rings (SSSR count). The molecule has 1 saturated heterocycles. The van der Waals surface area contributed by atoms with E-state index in [0.717, 1.165) is 0 Å². The molecule has 0 saturated carbocycles. The molecular formula is C11H21NO4. The molecule has 0 aromatic carbocycles. The first-order valence-electron chi connectivity index (χ1n) is 5.70. The summed E-state index contributed by atoms with van der Waals surface area (Å²) in [7, 11) is 0. The first kappa shape index (κ1) is 13.3. The Morgan fingerprint density at radius 2 is 2.31 bits per heavy atom. The SMILES string of the molecule is CC(C)COC(=O)N1CC(CO)OCC1C. The molecule has 1 aliphatic rings. The van der Waals surface area contributed by atoms with Crippen molar-refractivity contribution in [1.82, 2.24) is 4.90 Å². The Kier molecular flexibility index (Phi) is 5.02. The maximum atomic E-state index is 11.7. The number of carbonyl (C=O) groups is 1. The highest BCUT2D eigenvalue weighted by atomic mass is 16.6. The number of hydrogen-bond donors (Lipinski definition) is 1. The molecule has 1 N–H and O–H groups in total. The van der Waals surface area contributed by atoms with E-state index in [1.165, 1.54) is 0 Å². The van der Waals surface area contributed by atoms with Gasteiger partial charge in [-0.3, -0.25) is 0 Å². The van der Waals surface area contributed by atoms with Crippen LogP contribution in [0.5, 0.6) is 0 Å². The summed E-state index contributed by atoms with van der Waals surface area (Å²) in [6.45, 7) is 7.09. The van der Waals surface area contributed by atoms with Crippen molar-refractivity contribution in [1.29, 1.82) is 0 Å². The standard InChI is InChI=1S/C11H21NO4/c1-8(2)6-16-11(14)12-4-10(5-13)15-7-9(12)3/h8-10,13H,4-7H2,1-3H3. The monoisotopic (exact) mass is 231 g/mol. The predicted octanol–water partition coefficient (Wildman–Crippen LogP) is 0.861. The van der Waals surface area contributed by atoms with E-state index in [0.29, 0.717) is 25.7 Å². The molecule has 0 spiro atoms. The molecule has 1 fully saturated rings. The van der Waals surface area contributed by atoms with Crippen LogP contribution in [-0.4, -0.2) is 54.6 Å². The molecule has 1 amide bonds. The Bertz CT molecular complexity index is 232. The Hall–Kier alpha value is -0.810. The summed E-state index contributed by atoms with van der Waals surface area (Å²) in [4.78, 5) is 13.4. The predicted molar refractivity (Wildman–Crippen MR) is 59.2 cm³/mol. The average molecular weight is 231 g/mol. The van der Waals surface area contributed by atoms with Crippen molar-refractivity contribution in [3.05, 3.63) is 0 Å². The van der Waals surface area contributed by atoms with Crippen molar-refractivity contribution in [3.8, 4) is 0 Å². The lowest BCUT2D eigenvalue weighted by molar-refractivity contribution is -0.0729. The largest absolute Gasteiger partial charge is 0.449 e. The minimum absolute atomic E-state index is 0.00228. The smallest absolute Gasteiger partial charge is 0.410 e. The van der Waals surface area contributed by atoms with Crippen LogP contribution in [0.2, 0.25) is 0 Å². The molecular weight excluding hydrogens is 210 g/mol. The molecule has 2 unspecified atom stereocenters. The number of carbonyl (C=O) groups excluding carboxylic acids is 1. The highest BCUT2D eigenvalue weighted by molar-refractivity contribution is 5.68. The van der Waals surface area contributed by atoms with Crippen LogP contribution in [0, 0.1) is 5.92 Å². The Balaban J connectivity index is 2.45. The molecule has 0 bridgehead atoms. The number of aliphatic hydroxyl groups is 1. The molecule has 1 aliphatic heterocycles. The van der Waals surface area contributed by atoms with Gasteiger partial charge in [-0.05, 0) is 12.8 Å². The van der Waals surface area contributed by atoms with Gasteiger partial charge in [-0.25, -0.2) is 4.79 Å². The lowest BCUT2D eigenvalue weighted by Crippen LogP contribution is -2.52. The van der Waals surface area contributed by atoms with E-state index < -0.39 is 0 Å². The van der Waals surface area contributed by atoms with Gasteiger partial charge in [-0.1, -0.05) is 13.8 Å². The second-order valence-corrected chi connectivity index (χ2v) is 4.61. The lowest BCUT2D eigenvalue weighted by Gasteiger charge is -2.36. The molecule has 5 nitrogen and oxygen atoms in total. The molecule has 1 heterocycles. The number of rotatable bonds is 3. The van der Waals surface area contributed by atoms with Gasteiger partial charge in [0.15, 0.2) is 0 Å². The topological polar surface area (TPSA) is 59.0 Å². The van der Waals surface area contributed by atoms with Gasteiger partial charge in [0.25, 0.3) is 0 Å². The summed E-state index contributed by atoms with van der Waals surface area (Å²) in [5.74, 6) is 0.328. The highest BCUT2D eigenvalue weighted by Gasteiger charge is 2.30. The van der Waals surface area contributed by atoms with Gasteiger partial charge in [0.05, 0.1) is 38.5 Å². The fourth-order valence-corrected chi connectivity index (χ4v) is 1.50. The minimum atomic E-state index is -0.317. The molecule has 2 atom stereocenters. The van der Waals surface area contributed by atoms with Crippen molar-refractivity contribution in [2.75, 3.05) is 26.4 Å². The molecule has 94 valence electrons. The second-order valence-electron chi connectivity index (χ2n) is 4.61. The van der Waals surface area contributed by atoms with Crippen LogP contribution < -0.4 is 0 Å². The van der Waals surface area contributed by atoms with Crippen molar-refractivity contribution in [3.63, 3.8) is 0 Å². The van der Waals surface area contributed by atoms with Crippen LogP contribution in [0.3, 0.4) is 0 Å². The number of amides is 1. The molecule has 0 radical (unpaired) electrons. The van der Waals surface area contributed by atoms with Crippen LogP contribution in [0.15, 0.2) is 0 Å². The summed E-state index contributed by atoms with van der Waals surface area (Å²) in [6.07, 6.45) is -0.606. The third-order valence-corrected chi connectivity index (χ3v) is 2.48. The van der Waals surface area contributed by atoms with Gasteiger partial charge >= 0.3 is 6.09 Å². The van der Waals surface area contributed by atoms with Crippen LogP contribution in [0.1, 0.15) is 20.8 Å². The van der Waals surface area contributed by atoms with Gasteiger partial charge in [-0.2, -0.15) is 0 Å². The number of morpholine rings is 1. The quantitative estimate of drug-likeness (QED) is 0.782. The van der Waals surface area contributed by atoms with E-state index in [1.807, 2.05) is 20.8 Å². The minimum Gasteiger partial charge on any atom is -0.449 e. The van der Waals surface area contributed by atoms with Gasteiger partial charge in [-0.15, -0.1) is 0 Å². The van der Waals surface area contributed by atoms with Crippen LogP contribution in [-0.2, 0) is 9.47 Å². The van der Waals surface area contributed by atoms with E-state index in [-0.39, 0.29) is 24.8 Å². The number of ether oxygens (including phenoxy) is 2. The average Bonchev–Trinajstić information content (AvgIpc) is 2.26. The fraction of sp³-hybridized carbons (Fsp3) is 0.909. The van der Waals surface area contributed by atoms with Crippen LogP contribution in [0.4, 0.5) is 4.79 Å². The van der Waals surface area contributed by atoms with Crippen molar-refractivity contribution < 1.29 is 19.4 Å². The van der Waals surface area contributed by atoms with Gasteiger partial charge in [0.2, 0.25) is 0 Å². The first-order valence-corrected chi connectivity index (χ1v) is 5.70. The van der Waals surface area contributed by atoms with E-state index in [4.69, 9.17) is 14.6 Å². The zero-order chi connectivity index (χ0) is 12.1. The Morgan fingerprint density at radius 1 is 1.62 bits per heavy atom. The first-order chi connectivity index (χ1) is 7.54. The van der Waals surface area contributed by atoms with Gasteiger partial charge < -0.3 is 19.5 Å². The maximum Gasteiger partial charge on any atom is 0.410 e. The van der Waals surface area contributed by atoms with E-state index in [1.54, 1.807) is 4.90 Å². The summed E-state index contributed by atoms with van der Waals surface area (Å²) in [5.41, 5.74) is 0. The normalized spacial score (nSPS) is 25.9. The summed E-state index contributed by atoms with van der Waals surface area (Å²) in [5, 5.41) is 8.99. The van der Waals surface area contributed by atoms with Crippen molar-refractivity contribution in [2.45, 2.75) is 32.9 Å². The molecule has 0 aromatic rings. The zero-order valence-electron chi connectivity index (χ0n) is 10.2. The highest BCUT2D eigenvalue weighted by Crippen LogP contribution is 2.13. The molecule has 5 heteroatoms. The van der Waals surface area contributed by atoms with Crippen molar-refractivity contribution >= 4 is 6.09 Å². The molecule has 0 aliphatic carbocycles. The van der Waals surface area contributed by atoms with E-state index in [2.05, 4.69) is 0 Å². The molecule has 16 heavy (non-hydrogen) atoms. The van der Waals surface area contributed by atoms with Gasteiger partial charge in [0, 0.05) is 0 Å². The Labute approximate surface area is 96.3 Å². The number of aliphatic hydroxyl groups excluding tert-OH is 1. The van der Waals surface area contributed by atoms with Crippen LogP contribution >= 0.6 is 0 Å². The lowest BCUT2D eigenvalue weighted by atomic mass is 10.2. The second kappa shape index (κ2) is 6.06. The third kappa shape index (κ3) is 3.64. The fourth-order valence-electron chi connectivity index (χ4n) is 1.50. The number of hydrogen-bond acceptors (Lipinski definition) is 4. The summed E-state index contributed by atoms with van der Waals surface area (Å²) in [6, 6.07) is 0.00228. The maximum absolute atomic E-state index is 11.7. The van der Waals surface area contributed by atoms with Gasteiger partial charge in [0.1, 0.15) is 0 Å². The van der Waals surface area contributed by atoms with E-state index >= 15 is 0 Å². The third-order valence-electron chi connectivity index (χ3n) is 2.48. The number of nitrogens with zero attached hydrogens (tertiary/aromatic N) is 1. The Morgan fingerprint density at radius 3 is 2.88 bits per heavy atom. The summed E-state index contributed by atoms with van der Waals surface area (Å²) >= 11 is 0. The zero-order valence-corrected chi connectivity index (χ0v) is 10.2. The van der Waals surface area contributed by atoms with Crippen molar-refractivity contribution in [2.24, 2.45) is 5.92 Å². The summed E-state index contributed by atoms with van der Waals surface area (Å²) < 4.78 is 10.5.